The lowest BCUT2D eigenvalue weighted by atomic mass is 9.76. The van der Waals surface area contributed by atoms with Gasteiger partial charge in [0.25, 0.3) is 5.56 Å². The molecule has 1 amide bonds. The number of esters is 1. The van der Waals surface area contributed by atoms with Gasteiger partial charge in [0.05, 0.1) is 49.9 Å². The maximum Gasteiger partial charge on any atom is 0.404 e. The molecule has 0 spiro atoms. The second kappa shape index (κ2) is 18.3. The average Bonchev–Trinajstić information content (AvgIpc) is 3.59. The molecule has 4 aliphatic rings. The number of ketones is 1. The third-order valence-electron chi connectivity index (χ3n) is 11.4. The zero-order valence-electron chi connectivity index (χ0n) is 32.7. The Morgan fingerprint density at radius 3 is 2.38 bits per heavy atom. The number of benzene rings is 1. The van der Waals surface area contributed by atoms with Gasteiger partial charge in [-0.05, 0) is 37.5 Å². The van der Waals surface area contributed by atoms with Gasteiger partial charge in [-0.3, -0.25) is 14.4 Å². The van der Waals surface area contributed by atoms with Crippen LogP contribution in [0.2, 0.25) is 0 Å². The number of ether oxygens (including phenoxy) is 7. The number of nitrogens with two attached hydrogens (primary N) is 1. The molecular weight excluding hydrogens is 794 g/mol. The molecule has 2 saturated heterocycles. The van der Waals surface area contributed by atoms with Crippen LogP contribution in [0, 0.1) is 0 Å². The van der Waals surface area contributed by atoms with Crippen LogP contribution in [0.25, 0.3) is 22.3 Å². The summed E-state index contributed by atoms with van der Waals surface area (Å²) in [7, 11) is 0. The lowest BCUT2D eigenvalue weighted by Crippen LogP contribution is -2.65. The van der Waals surface area contributed by atoms with Crippen molar-refractivity contribution in [3.8, 4) is 11.4 Å². The number of primary amides is 1. The number of aliphatic hydroxyl groups is 6. The highest BCUT2D eigenvalue weighted by Gasteiger charge is 2.52. The fourth-order valence-electron chi connectivity index (χ4n) is 8.30. The number of hydrogen-bond donors (Lipinski definition) is 7. The van der Waals surface area contributed by atoms with Gasteiger partial charge in [-0.1, -0.05) is 25.1 Å². The van der Waals surface area contributed by atoms with E-state index in [1.54, 1.807) is 17.6 Å². The highest BCUT2D eigenvalue weighted by atomic mass is 16.8. The van der Waals surface area contributed by atoms with Crippen LogP contribution < -0.4 is 11.3 Å². The predicted octanol–water partition coefficient (Wildman–Crippen LogP) is -1.37. The summed E-state index contributed by atoms with van der Waals surface area (Å²) in [6.07, 6.45) is -17.2. The maximum atomic E-state index is 13.9. The Morgan fingerprint density at radius 1 is 0.917 bits per heavy atom. The molecule has 5 heterocycles. The molecule has 0 unspecified atom stereocenters. The number of hydrogen-bond acceptors (Lipinski definition) is 18. The van der Waals surface area contributed by atoms with Crippen LogP contribution in [-0.4, -0.2) is 152 Å². The second-order valence-corrected chi connectivity index (χ2v) is 15.1. The second-order valence-electron chi connectivity index (χ2n) is 15.1. The van der Waals surface area contributed by atoms with Crippen molar-refractivity contribution in [1.82, 2.24) is 9.55 Å². The standard InChI is InChI=1S/C40H49N3O17/c1-2-40(22-15-24-29-20(14-19-6-3-4-7-23(19)42-29)16-43(24)36(52)21(22)9-10-27(40)46)60-28(47)8-5-11-54-12-13-55-38-35(32(50)30(48)25(17-44)57-38)58-37-33(51)34(59-39(41)53)31(49)26(18-45)56-37/h3-4,6-7,14-15,25-26,30-35,37-38,44-45,48-51H,2,5,8-13,16-18H2,1H3,(H2,41,53)/t25-,26+,30+,31+,32-,33-,34-,35-,37+,38-,40-/m0/s1. The van der Waals surface area contributed by atoms with Crippen molar-refractivity contribution in [2.75, 3.05) is 33.0 Å². The van der Waals surface area contributed by atoms with Crippen molar-refractivity contribution in [2.24, 2.45) is 5.73 Å². The molecule has 7 rings (SSSR count). The number of fused-ring (bicyclic) bond motifs is 5. The zero-order chi connectivity index (χ0) is 42.9. The number of rotatable bonds is 15. The number of para-hydroxylation sites is 1. The third-order valence-corrected chi connectivity index (χ3v) is 11.4. The molecule has 60 heavy (non-hydrogen) atoms. The summed E-state index contributed by atoms with van der Waals surface area (Å²) in [5.74, 6) is -0.955. The topological polar surface area (TPSA) is 298 Å². The number of carbonyl (C=O) groups excluding carboxylic acids is 3. The number of carbonyl (C=O) groups is 3. The first-order chi connectivity index (χ1) is 28.8. The SMILES string of the molecule is CC[C@@]1(OC(=O)CCCOCCO[C@H]2O[C@@H](CO)[C@@H](O)[C@H](O)[C@@H]2O[C@H]2O[C@H](CO)[C@@H](O)[C@H](OC(N)=O)[C@@H]2O)C(=O)CCc2c1cc1n(c2=O)Cc2cc3ccccc3nc2-1. The van der Waals surface area contributed by atoms with E-state index in [2.05, 4.69) is 0 Å². The molecule has 11 atom stereocenters. The van der Waals surface area contributed by atoms with Crippen molar-refractivity contribution in [2.45, 2.75) is 113 Å². The van der Waals surface area contributed by atoms with E-state index in [1.165, 1.54) is 0 Å². The molecule has 1 aliphatic carbocycles. The van der Waals surface area contributed by atoms with E-state index >= 15 is 0 Å². The molecule has 1 aromatic carbocycles. The summed E-state index contributed by atoms with van der Waals surface area (Å²) < 4.78 is 40.5. The molecule has 3 aliphatic heterocycles. The number of Topliss-reactive ketones (excluding diaryl/α,β-unsaturated/α-hetero) is 1. The quantitative estimate of drug-likeness (QED) is 0.0536. The van der Waals surface area contributed by atoms with Gasteiger partial charge in [-0.2, -0.15) is 0 Å². The van der Waals surface area contributed by atoms with Crippen molar-refractivity contribution in [3.63, 3.8) is 0 Å². The van der Waals surface area contributed by atoms with Gasteiger partial charge in [0, 0.05) is 41.5 Å². The first kappa shape index (κ1) is 43.6. The summed E-state index contributed by atoms with van der Waals surface area (Å²) in [6.45, 7) is 0.338. The Morgan fingerprint density at radius 2 is 1.65 bits per heavy atom. The van der Waals surface area contributed by atoms with Gasteiger partial charge in [-0.25, -0.2) is 9.78 Å². The summed E-state index contributed by atoms with van der Waals surface area (Å²) in [6, 6.07) is 11.4. The first-order valence-electron chi connectivity index (χ1n) is 19.8. The van der Waals surface area contributed by atoms with E-state index in [-0.39, 0.29) is 63.3 Å². The molecule has 0 radical (unpaired) electrons. The van der Waals surface area contributed by atoms with Crippen LogP contribution in [-0.2, 0) is 61.3 Å². The van der Waals surface area contributed by atoms with Gasteiger partial charge in [0.15, 0.2) is 30.1 Å². The molecule has 2 fully saturated rings. The van der Waals surface area contributed by atoms with Gasteiger partial charge >= 0.3 is 12.1 Å². The van der Waals surface area contributed by atoms with Crippen molar-refractivity contribution in [1.29, 1.82) is 0 Å². The molecule has 20 nitrogen and oxygen atoms in total. The van der Waals surface area contributed by atoms with Crippen LogP contribution in [0.5, 0.6) is 0 Å². The van der Waals surface area contributed by atoms with Crippen molar-refractivity contribution >= 4 is 28.7 Å². The molecular formula is C40H49N3O17. The maximum absolute atomic E-state index is 13.9. The lowest BCUT2D eigenvalue weighted by Gasteiger charge is -2.46. The minimum absolute atomic E-state index is 0.0390. The molecule has 326 valence electrons. The Labute approximate surface area is 342 Å². The molecule has 2 aromatic heterocycles. The fourth-order valence-corrected chi connectivity index (χ4v) is 8.30. The molecule has 20 heteroatoms. The predicted molar refractivity (Wildman–Crippen MR) is 203 cm³/mol. The van der Waals surface area contributed by atoms with Gasteiger partial charge in [-0.15, -0.1) is 0 Å². The Kier molecular flexibility index (Phi) is 13.3. The summed E-state index contributed by atoms with van der Waals surface area (Å²) in [5.41, 5.74) is 6.84. The van der Waals surface area contributed by atoms with Gasteiger partial charge < -0.3 is 74.1 Å². The molecule has 0 bridgehead atoms. The molecule has 8 N–H and O–H groups in total. The van der Waals surface area contributed by atoms with E-state index in [0.29, 0.717) is 29.1 Å². The smallest absolute Gasteiger partial charge is 0.404 e. The number of aliphatic hydroxyl groups excluding tert-OH is 6. The summed E-state index contributed by atoms with van der Waals surface area (Å²) >= 11 is 0. The average molecular weight is 844 g/mol. The normalized spacial score (nSPS) is 31.0. The lowest BCUT2D eigenvalue weighted by molar-refractivity contribution is -0.367. The first-order valence-corrected chi connectivity index (χ1v) is 19.8. The van der Waals surface area contributed by atoms with Crippen molar-refractivity contribution in [3.05, 3.63) is 63.4 Å². The summed E-state index contributed by atoms with van der Waals surface area (Å²) in [5, 5.41) is 62.9. The monoisotopic (exact) mass is 843 g/mol. The highest BCUT2D eigenvalue weighted by Crippen LogP contribution is 2.42. The highest BCUT2D eigenvalue weighted by molar-refractivity contribution is 5.93. The van der Waals surface area contributed by atoms with Crippen LogP contribution >= 0.6 is 0 Å². The van der Waals surface area contributed by atoms with Gasteiger partial charge in [0.1, 0.15) is 42.7 Å². The number of aromatic nitrogens is 2. The zero-order valence-corrected chi connectivity index (χ0v) is 32.7. The van der Waals surface area contributed by atoms with E-state index < -0.39 is 92.3 Å². The van der Waals surface area contributed by atoms with E-state index in [9.17, 15) is 49.8 Å². The van der Waals surface area contributed by atoms with E-state index in [4.69, 9.17) is 43.9 Å². The van der Waals surface area contributed by atoms with Crippen LogP contribution in [0.15, 0.2) is 41.2 Å². The van der Waals surface area contributed by atoms with E-state index in [0.717, 1.165) is 16.5 Å². The Bertz CT molecular complexity index is 2130. The fraction of sp³-hybridized carbons (Fsp3) is 0.575. The largest absolute Gasteiger partial charge is 0.446 e. The molecule has 3 aromatic rings. The third kappa shape index (κ3) is 8.29. The molecule has 0 saturated carbocycles. The van der Waals surface area contributed by atoms with Gasteiger partial charge in [0.2, 0.25) is 0 Å². The van der Waals surface area contributed by atoms with Crippen LogP contribution in [0.1, 0.15) is 49.3 Å². The Hall–Kier alpha value is -4.45. The summed E-state index contributed by atoms with van der Waals surface area (Å²) in [4.78, 5) is 57.1. The van der Waals surface area contributed by atoms with E-state index in [1.807, 2.05) is 30.3 Å². The minimum atomic E-state index is -1.89. The van der Waals surface area contributed by atoms with Crippen LogP contribution in [0.3, 0.4) is 0 Å². The number of amides is 1. The number of nitrogens with zero attached hydrogens (tertiary/aromatic N) is 2. The minimum Gasteiger partial charge on any atom is -0.446 e. The van der Waals surface area contributed by atoms with Crippen molar-refractivity contribution < 1.29 is 78.2 Å². The van der Waals surface area contributed by atoms with Crippen LogP contribution in [0.4, 0.5) is 4.79 Å². The Balaban J connectivity index is 0.948. The number of pyridine rings is 2.